The molecule has 128 valence electrons. The number of nitrogens with one attached hydrogen (secondary N) is 2. The van der Waals surface area contributed by atoms with Gasteiger partial charge in [-0.25, -0.2) is 10.3 Å². The molecule has 2 aromatic rings. The molecule has 7 nitrogen and oxygen atoms in total. The van der Waals surface area contributed by atoms with Crippen molar-refractivity contribution in [3.63, 3.8) is 0 Å². The fourth-order valence-electron chi connectivity index (χ4n) is 2.58. The van der Waals surface area contributed by atoms with Crippen LogP contribution in [0.25, 0.3) is 0 Å². The minimum Gasteiger partial charge on any atom is -0.497 e. The first kappa shape index (κ1) is 16.7. The third kappa shape index (κ3) is 3.51. The van der Waals surface area contributed by atoms with Gasteiger partial charge in [-0.05, 0) is 24.3 Å². The number of ether oxygens (including phenoxy) is 1. The maximum absolute atomic E-state index is 12.5. The van der Waals surface area contributed by atoms with Crippen LogP contribution in [-0.4, -0.2) is 30.9 Å². The van der Waals surface area contributed by atoms with Crippen molar-refractivity contribution in [2.75, 3.05) is 12.0 Å². The summed E-state index contributed by atoms with van der Waals surface area (Å²) in [5.74, 6) is -0.594. The molecule has 2 aromatic carbocycles. The standard InChI is InChI=1S/C18H17N3O4/c1-25-14-9-5-8-13(10-14)21-16(22)11-15(18(21)24)19-20-17(23)12-6-3-2-4-7-12/h2-10,15,19H,11H2,1H3,(H,20,23)/t15-/m0/s1. The number of hydrogen-bond acceptors (Lipinski definition) is 5. The van der Waals surface area contributed by atoms with E-state index in [9.17, 15) is 14.4 Å². The van der Waals surface area contributed by atoms with Crippen molar-refractivity contribution in [2.45, 2.75) is 12.5 Å². The Hall–Kier alpha value is -3.19. The van der Waals surface area contributed by atoms with Gasteiger partial charge in [-0.3, -0.25) is 19.8 Å². The average molecular weight is 339 g/mol. The summed E-state index contributed by atoms with van der Waals surface area (Å²) in [6.45, 7) is 0. The molecule has 3 rings (SSSR count). The lowest BCUT2D eigenvalue weighted by atomic mass is 10.2. The molecule has 3 amide bonds. The minimum absolute atomic E-state index is 0.0366. The number of methoxy groups -OCH3 is 1. The molecule has 0 unspecified atom stereocenters. The number of imide groups is 1. The molecule has 0 spiro atoms. The zero-order chi connectivity index (χ0) is 17.8. The predicted octanol–water partition coefficient (Wildman–Crippen LogP) is 1.26. The molecule has 0 saturated carbocycles. The Morgan fingerprint density at radius 2 is 1.88 bits per heavy atom. The molecule has 1 fully saturated rings. The molecule has 1 aliphatic heterocycles. The summed E-state index contributed by atoms with van der Waals surface area (Å²) in [5.41, 5.74) is 6.01. The van der Waals surface area contributed by atoms with Gasteiger partial charge in [-0.2, -0.15) is 0 Å². The van der Waals surface area contributed by atoms with E-state index in [-0.39, 0.29) is 18.2 Å². The van der Waals surface area contributed by atoms with Crippen molar-refractivity contribution in [1.29, 1.82) is 0 Å². The van der Waals surface area contributed by atoms with E-state index in [0.717, 1.165) is 4.90 Å². The largest absolute Gasteiger partial charge is 0.497 e. The van der Waals surface area contributed by atoms with Crippen LogP contribution in [0, 0.1) is 0 Å². The van der Waals surface area contributed by atoms with E-state index in [2.05, 4.69) is 10.9 Å². The lowest BCUT2D eigenvalue weighted by Crippen LogP contribution is -2.48. The van der Waals surface area contributed by atoms with Crippen LogP contribution in [0.3, 0.4) is 0 Å². The number of rotatable bonds is 5. The van der Waals surface area contributed by atoms with Gasteiger partial charge in [0.25, 0.3) is 11.8 Å². The van der Waals surface area contributed by atoms with E-state index in [1.807, 2.05) is 0 Å². The number of benzene rings is 2. The summed E-state index contributed by atoms with van der Waals surface area (Å²) in [6.07, 6.45) is -0.0366. The molecule has 1 saturated heterocycles. The normalized spacial score (nSPS) is 16.8. The molecule has 1 atom stereocenters. The molecule has 1 heterocycles. The van der Waals surface area contributed by atoms with Crippen LogP contribution in [0.1, 0.15) is 16.8 Å². The van der Waals surface area contributed by atoms with Gasteiger partial charge < -0.3 is 4.74 Å². The van der Waals surface area contributed by atoms with E-state index >= 15 is 0 Å². The second-order valence-corrected chi connectivity index (χ2v) is 5.49. The van der Waals surface area contributed by atoms with Crippen molar-refractivity contribution < 1.29 is 19.1 Å². The fraction of sp³-hybridized carbons (Fsp3) is 0.167. The first-order chi connectivity index (χ1) is 12.1. The van der Waals surface area contributed by atoms with Crippen LogP contribution in [0.2, 0.25) is 0 Å². The number of hydrazine groups is 1. The van der Waals surface area contributed by atoms with Crippen molar-refractivity contribution in [3.8, 4) is 5.75 Å². The lowest BCUT2D eigenvalue weighted by Gasteiger charge is -2.16. The van der Waals surface area contributed by atoms with Crippen molar-refractivity contribution in [3.05, 3.63) is 60.2 Å². The Kier molecular flexibility index (Phi) is 4.76. The van der Waals surface area contributed by atoms with Crippen LogP contribution in [0.5, 0.6) is 5.75 Å². The average Bonchev–Trinajstić information content (AvgIpc) is 2.94. The Morgan fingerprint density at radius 3 is 2.60 bits per heavy atom. The molecule has 0 radical (unpaired) electrons. The van der Waals surface area contributed by atoms with E-state index in [4.69, 9.17) is 4.74 Å². The third-order valence-corrected chi connectivity index (χ3v) is 3.85. The second kappa shape index (κ2) is 7.14. The third-order valence-electron chi connectivity index (χ3n) is 3.85. The highest BCUT2D eigenvalue weighted by Crippen LogP contribution is 2.26. The van der Waals surface area contributed by atoms with Gasteiger partial charge in [-0.15, -0.1) is 0 Å². The highest BCUT2D eigenvalue weighted by molar-refractivity contribution is 6.22. The molecule has 25 heavy (non-hydrogen) atoms. The van der Waals surface area contributed by atoms with E-state index in [1.165, 1.54) is 7.11 Å². The summed E-state index contributed by atoms with van der Waals surface area (Å²) < 4.78 is 5.12. The lowest BCUT2D eigenvalue weighted by molar-refractivity contribution is -0.121. The monoisotopic (exact) mass is 339 g/mol. The second-order valence-electron chi connectivity index (χ2n) is 5.49. The Balaban J connectivity index is 1.68. The van der Waals surface area contributed by atoms with Gasteiger partial charge in [0.1, 0.15) is 11.8 Å². The number of hydrogen-bond donors (Lipinski definition) is 2. The smallest absolute Gasteiger partial charge is 0.265 e. The van der Waals surface area contributed by atoms with Crippen molar-refractivity contribution in [1.82, 2.24) is 10.9 Å². The highest BCUT2D eigenvalue weighted by atomic mass is 16.5. The highest BCUT2D eigenvalue weighted by Gasteiger charge is 2.39. The molecule has 0 aromatic heterocycles. The van der Waals surface area contributed by atoms with Gasteiger partial charge in [0, 0.05) is 11.6 Å². The fourth-order valence-corrected chi connectivity index (χ4v) is 2.58. The number of nitrogens with zero attached hydrogens (tertiary/aromatic N) is 1. The van der Waals surface area contributed by atoms with Gasteiger partial charge in [0.05, 0.1) is 19.2 Å². The molecule has 1 aliphatic rings. The van der Waals surface area contributed by atoms with Gasteiger partial charge in [0.2, 0.25) is 5.91 Å². The first-order valence-electron chi connectivity index (χ1n) is 7.72. The first-order valence-corrected chi connectivity index (χ1v) is 7.72. The Bertz CT molecular complexity index is 807. The van der Waals surface area contributed by atoms with E-state index in [1.54, 1.807) is 54.6 Å². The Labute approximate surface area is 144 Å². The number of anilines is 1. The zero-order valence-corrected chi connectivity index (χ0v) is 13.6. The summed E-state index contributed by atoms with van der Waals surface area (Å²) in [5, 5.41) is 0. The van der Waals surface area contributed by atoms with Gasteiger partial charge in [-0.1, -0.05) is 24.3 Å². The maximum Gasteiger partial charge on any atom is 0.265 e. The van der Waals surface area contributed by atoms with Crippen LogP contribution >= 0.6 is 0 Å². The van der Waals surface area contributed by atoms with Gasteiger partial charge in [0.15, 0.2) is 0 Å². The number of carbonyl (C=O) groups excluding carboxylic acids is 3. The molecular formula is C18H17N3O4. The molecule has 0 aliphatic carbocycles. The summed E-state index contributed by atoms with van der Waals surface area (Å²) in [4.78, 5) is 37.9. The SMILES string of the molecule is COc1cccc(N2C(=O)C[C@H](NNC(=O)c3ccccc3)C2=O)c1. The molecule has 2 N–H and O–H groups in total. The van der Waals surface area contributed by atoms with Crippen molar-refractivity contribution >= 4 is 23.4 Å². The molecule has 0 bridgehead atoms. The quantitative estimate of drug-likeness (QED) is 0.632. The predicted molar refractivity (Wildman–Crippen MR) is 90.9 cm³/mol. The summed E-state index contributed by atoms with van der Waals surface area (Å²) in [7, 11) is 1.51. The summed E-state index contributed by atoms with van der Waals surface area (Å²) >= 11 is 0. The number of amides is 3. The van der Waals surface area contributed by atoms with Crippen LogP contribution in [0.4, 0.5) is 5.69 Å². The van der Waals surface area contributed by atoms with E-state index < -0.39 is 11.9 Å². The van der Waals surface area contributed by atoms with Crippen LogP contribution < -0.4 is 20.5 Å². The van der Waals surface area contributed by atoms with Gasteiger partial charge >= 0.3 is 0 Å². The van der Waals surface area contributed by atoms with E-state index in [0.29, 0.717) is 17.0 Å². The molecule has 7 heteroatoms. The van der Waals surface area contributed by atoms with Crippen LogP contribution in [0.15, 0.2) is 54.6 Å². The summed E-state index contributed by atoms with van der Waals surface area (Å²) in [6, 6.07) is 14.5. The van der Waals surface area contributed by atoms with Crippen LogP contribution in [-0.2, 0) is 9.59 Å². The minimum atomic E-state index is -0.814. The Morgan fingerprint density at radius 1 is 1.12 bits per heavy atom. The maximum atomic E-state index is 12.5. The van der Waals surface area contributed by atoms with Crippen molar-refractivity contribution in [2.24, 2.45) is 0 Å². The zero-order valence-electron chi connectivity index (χ0n) is 13.6. The topological polar surface area (TPSA) is 87.7 Å². The number of carbonyl (C=O) groups is 3. The molecular weight excluding hydrogens is 322 g/mol.